The van der Waals surface area contributed by atoms with Gasteiger partial charge in [-0.3, -0.25) is 14.5 Å². The Morgan fingerprint density at radius 1 is 0.938 bits per heavy atom. The summed E-state index contributed by atoms with van der Waals surface area (Å²) in [5.74, 6) is -2.09. The zero-order valence-corrected chi connectivity index (χ0v) is 17.3. The zero-order valence-electron chi connectivity index (χ0n) is 16.5. The molecule has 158 valence electrons. The molecule has 1 atom stereocenters. The number of carbonyl (C=O) groups is 2. The molecule has 4 aromatic rings. The highest BCUT2D eigenvalue weighted by atomic mass is 35.5. The average Bonchev–Trinajstić information content (AvgIpc) is 3.33. The third-order valence-electron chi connectivity index (χ3n) is 5.37. The predicted molar refractivity (Wildman–Crippen MR) is 120 cm³/mol. The number of para-hydroxylation sites is 1. The number of aliphatic hydroxyl groups excluding tert-OH is 1. The lowest BCUT2D eigenvalue weighted by Crippen LogP contribution is -2.31. The van der Waals surface area contributed by atoms with Gasteiger partial charge in [0.1, 0.15) is 11.3 Å². The van der Waals surface area contributed by atoms with Crippen molar-refractivity contribution in [1.82, 2.24) is 0 Å². The number of Topliss-reactive ketones (excluding diaryl/α,β-unsaturated/α-hetero) is 1. The summed E-state index contributed by atoms with van der Waals surface area (Å²) in [7, 11) is 0. The number of aromatic hydroxyl groups is 1. The van der Waals surface area contributed by atoms with Gasteiger partial charge in [0, 0.05) is 16.1 Å². The molecule has 1 aliphatic heterocycles. The quantitative estimate of drug-likeness (QED) is 0.400. The van der Waals surface area contributed by atoms with E-state index in [9.17, 15) is 19.8 Å². The third-order valence-corrected chi connectivity index (χ3v) is 5.61. The number of amides is 1. The number of carbonyl (C=O) groups excluding carboxylic acids is 2. The normalized spacial score (nSPS) is 16.2. The molecule has 0 bridgehead atoms. The molecular weight excluding hydrogens is 430 g/mol. The van der Waals surface area contributed by atoms with Crippen molar-refractivity contribution in [2.75, 3.05) is 4.90 Å². The van der Waals surface area contributed by atoms with E-state index in [4.69, 9.17) is 16.0 Å². The van der Waals surface area contributed by atoms with E-state index in [1.165, 1.54) is 17.0 Å². The highest BCUT2D eigenvalue weighted by Crippen LogP contribution is 2.43. The molecule has 1 aromatic heterocycles. The molecule has 2 N–H and O–H groups in total. The summed E-state index contributed by atoms with van der Waals surface area (Å²) in [6.07, 6.45) is 0. The first-order valence-electron chi connectivity index (χ1n) is 9.78. The molecule has 7 heteroatoms. The number of aliphatic hydroxyl groups is 1. The topological polar surface area (TPSA) is 91.0 Å². The van der Waals surface area contributed by atoms with Crippen molar-refractivity contribution in [2.45, 2.75) is 6.04 Å². The Balaban J connectivity index is 1.68. The van der Waals surface area contributed by atoms with Gasteiger partial charge < -0.3 is 14.6 Å². The van der Waals surface area contributed by atoms with Crippen LogP contribution in [0.4, 0.5) is 5.69 Å². The second kappa shape index (κ2) is 7.59. The van der Waals surface area contributed by atoms with Crippen molar-refractivity contribution in [2.24, 2.45) is 0 Å². The smallest absolute Gasteiger partial charge is 0.294 e. The van der Waals surface area contributed by atoms with Gasteiger partial charge in [0.25, 0.3) is 5.91 Å². The maximum absolute atomic E-state index is 13.5. The van der Waals surface area contributed by atoms with Gasteiger partial charge in [0.05, 0.1) is 11.6 Å². The number of hydrogen-bond donors (Lipinski definition) is 2. The van der Waals surface area contributed by atoms with Crippen molar-refractivity contribution in [3.63, 3.8) is 0 Å². The molecule has 0 radical (unpaired) electrons. The lowest BCUT2D eigenvalue weighted by Gasteiger charge is -2.27. The van der Waals surface area contributed by atoms with Crippen LogP contribution in [0.1, 0.15) is 22.2 Å². The van der Waals surface area contributed by atoms with E-state index in [-0.39, 0.29) is 17.1 Å². The Morgan fingerprint density at radius 3 is 2.47 bits per heavy atom. The summed E-state index contributed by atoms with van der Waals surface area (Å²) in [4.78, 5) is 27.9. The Bertz CT molecular complexity index is 1390. The van der Waals surface area contributed by atoms with E-state index in [0.717, 1.165) is 5.39 Å². The lowest BCUT2D eigenvalue weighted by molar-refractivity contribution is -0.117. The van der Waals surface area contributed by atoms with E-state index in [2.05, 4.69) is 0 Å². The number of ketones is 1. The molecule has 0 saturated heterocycles. The van der Waals surface area contributed by atoms with Gasteiger partial charge in [0.2, 0.25) is 5.78 Å². The number of anilines is 1. The minimum atomic E-state index is -0.992. The van der Waals surface area contributed by atoms with E-state index < -0.39 is 23.5 Å². The van der Waals surface area contributed by atoms with E-state index in [0.29, 0.717) is 21.9 Å². The summed E-state index contributed by atoms with van der Waals surface area (Å²) in [5, 5.41) is 21.9. The van der Waals surface area contributed by atoms with Gasteiger partial charge in [0.15, 0.2) is 11.5 Å². The van der Waals surface area contributed by atoms with Crippen LogP contribution < -0.4 is 4.90 Å². The second-order valence-electron chi connectivity index (χ2n) is 7.39. The Hall–Kier alpha value is -4.03. The van der Waals surface area contributed by atoms with Gasteiger partial charge >= 0.3 is 0 Å². The highest BCUT2D eigenvalue weighted by Gasteiger charge is 2.45. The largest absolute Gasteiger partial charge is 0.508 e. The third kappa shape index (κ3) is 3.21. The molecule has 0 aliphatic carbocycles. The number of rotatable bonds is 4. The van der Waals surface area contributed by atoms with E-state index in [1.807, 2.05) is 6.07 Å². The number of furan rings is 1. The molecule has 0 fully saturated rings. The van der Waals surface area contributed by atoms with Crippen LogP contribution in [0.3, 0.4) is 0 Å². The number of benzene rings is 3. The standard InChI is InChI=1S/C25H16ClNO5/c26-16-7-4-8-17(13-16)27-22(15-6-3-9-18(28)11-15)21(24(30)25(27)31)23(29)20-12-14-5-1-2-10-19(14)32-20/h1-13,22,28,30H. The van der Waals surface area contributed by atoms with Gasteiger partial charge in [-0.05, 0) is 48.0 Å². The fourth-order valence-electron chi connectivity index (χ4n) is 3.97. The summed E-state index contributed by atoms with van der Waals surface area (Å²) < 4.78 is 5.70. The van der Waals surface area contributed by atoms with Crippen molar-refractivity contribution >= 4 is 39.9 Å². The van der Waals surface area contributed by atoms with E-state index in [1.54, 1.807) is 60.7 Å². The minimum absolute atomic E-state index is 0.00125. The first kappa shape index (κ1) is 19.9. The number of phenolic OH excluding ortho intramolecular Hbond substituents is 1. The van der Waals surface area contributed by atoms with Crippen LogP contribution >= 0.6 is 11.6 Å². The van der Waals surface area contributed by atoms with Gasteiger partial charge in [-0.15, -0.1) is 0 Å². The monoisotopic (exact) mass is 445 g/mol. The Kier molecular flexibility index (Phi) is 4.72. The van der Waals surface area contributed by atoms with Crippen LogP contribution in [0.15, 0.2) is 94.6 Å². The van der Waals surface area contributed by atoms with Crippen molar-refractivity contribution < 1.29 is 24.2 Å². The summed E-state index contributed by atoms with van der Waals surface area (Å²) in [5.41, 5.74) is 1.22. The molecule has 1 aliphatic rings. The minimum Gasteiger partial charge on any atom is -0.508 e. The van der Waals surface area contributed by atoms with Crippen molar-refractivity contribution in [3.05, 3.63) is 107 Å². The van der Waals surface area contributed by atoms with E-state index >= 15 is 0 Å². The second-order valence-corrected chi connectivity index (χ2v) is 7.83. The summed E-state index contributed by atoms with van der Waals surface area (Å²) in [6, 6.07) is 20.4. The predicted octanol–water partition coefficient (Wildman–Crippen LogP) is 5.57. The molecule has 2 heterocycles. The number of fused-ring (bicyclic) bond motifs is 1. The number of phenols is 1. The molecular formula is C25H16ClNO5. The first-order valence-corrected chi connectivity index (χ1v) is 10.2. The lowest BCUT2D eigenvalue weighted by atomic mass is 9.94. The van der Waals surface area contributed by atoms with Gasteiger partial charge in [-0.1, -0.05) is 48.0 Å². The van der Waals surface area contributed by atoms with Gasteiger partial charge in [-0.2, -0.15) is 0 Å². The fourth-order valence-corrected chi connectivity index (χ4v) is 4.15. The van der Waals surface area contributed by atoms with Crippen LogP contribution in [0.5, 0.6) is 5.75 Å². The van der Waals surface area contributed by atoms with Crippen LogP contribution in [0.2, 0.25) is 5.02 Å². The number of nitrogens with zero attached hydrogens (tertiary/aromatic N) is 1. The van der Waals surface area contributed by atoms with Crippen LogP contribution in [-0.4, -0.2) is 21.9 Å². The summed E-state index contributed by atoms with van der Waals surface area (Å²) >= 11 is 6.13. The molecule has 32 heavy (non-hydrogen) atoms. The average molecular weight is 446 g/mol. The fraction of sp³-hybridized carbons (Fsp3) is 0.0400. The SMILES string of the molecule is O=C(C1=C(O)C(=O)N(c2cccc(Cl)c2)C1c1cccc(O)c1)c1cc2ccccc2o1. The molecule has 6 nitrogen and oxygen atoms in total. The number of hydrogen-bond acceptors (Lipinski definition) is 5. The Labute approximate surface area is 187 Å². The molecule has 1 amide bonds. The maximum Gasteiger partial charge on any atom is 0.294 e. The molecule has 5 rings (SSSR count). The number of halogens is 1. The zero-order chi connectivity index (χ0) is 22.4. The molecule has 3 aromatic carbocycles. The maximum atomic E-state index is 13.5. The Morgan fingerprint density at radius 2 is 1.72 bits per heavy atom. The molecule has 0 saturated carbocycles. The molecule has 0 spiro atoms. The molecule has 1 unspecified atom stereocenters. The van der Waals surface area contributed by atoms with Crippen molar-refractivity contribution in [1.29, 1.82) is 0 Å². The van der Waals surface area contributed by atoms with Crippen molar-refractivity contribution in [3.8, 4) is 5.75 Å². The van der Waals surface area contributed by atoms with Gasteiger partial charge in [-0.25, -0.2) is 0 Å². The van der Waals surface area contributed by atoms with Crippen LogP contribution in [-0.2, 0) is 4.79 Å². The van der Waals surface area contributed by atoms with Crippen LogP contribution in [0, 0.1) is 0 Å². The summed E-state index contributed by atoms with van der Waals surface area (Å²) in [6.45, 7) is 0. The first-order chi connectivity index (χ1) is 15.4. The van der Waals surface area contributed by atoms with Crippen LogP contribution in [0.25, 0.3) is 11.0 Å². The highest BCUT2D eigenvalue weighted by molar-refractivity contribution is 6.31.